The van der Waals surface area contributed by atoms with Crippen LogP contribution in [0.2, 0.25) is 0 Å². The smallest absolute Gasteiger partial charge is 0.256 e. The van der Waals surface area contributed by atoms with E-state index in [0.29, 0.717) is 22.8 Å². The highest BCUT2D eigenvalue weighted by Gasteiger charge is 2.10. The van der Waals surface area contributed by atoms with Crippen molar-refractivity contribution in [2.45, 2.75) is 6.92 Å². The number of aromatic amines is 1. The fourth-order valence-electron chi connectivity index (χ4n) is 2.30. The fourth-order valence-corrected chi connectivity index (χ4v) is 2.77. The van der Waals surface area contributed by atoms with Crippen LogP contribution >= 0.6 is 15.9 Å². The van der Waals surface area contributed by atoms with Gasteiger partial charge in [-0.3, -0.25) is 9.59 Å². The third kappa shape index (κ3) is 3.60. The largest absolute Gasteiger partial charge is 0.322 e. The number of H-pyrrole nitrogens is 1. The van der Waals surface area contributed by atoms with Gasteiger partial charge in [-0.2, -0.15) is 0 Å². The summed E-state index contributed by atoms with van der Waals surface area (Å²) in [7, 11) is 0. The molecule has 3 aromatic rings. The van der Waals surface area contributed by atoms with E-state index in [4.69, 9.17) is 0 Å². The molecule has 1 heterocycles. The van der Waals surface area contributed by atoms with E-state index in [1.165, 1.54) is 6.07 Å². The van der Waals surface area contributed by atoms with Gasteiger partial charge in [0.25, 0.3) is 11.5 Å². The Morgan fingerprint density at radius 2 is 1.92 bits per heavy atom. The number of aromatic nitrogens is 2. The summed E-state index contributed by atoms with van der Waals surface area (Å²) < 4.78 is 0.725. The zero-order valence-corrected chi connectivity index (χ0v) is 14.4. The average Bonchev–Trinajstić information content (AvgIpc) is 2.54. The molecular formula is C18H14BrN3O2. The Labute approximate surface area is 146 Å². The van der Waals surface area contributed by atoms with Gasteiger partial charge in [0, 0.05) is 27.5 Å². The first-order valence-corrected chi connectivity index (χ1v) is 8.06. The van der Waals surface area contributed by atoms with Crippen molar-refractivity contribution in [3.63, 3.8) is 0 Å². The summed E-state index contributed by atoms with van der Waals surface area (Å²) in [5.74, 6) is 0.252. The van der Waals surface area contributed by atoms with E-state index >= 15 is 0 Å². The lowest BCUT2D eigenvalue weighted by atomic mass is 10.1. The van der Waals surface area contributed by atoms with Crippen LogP contribution in [0.5, 0.6) is 0 Å². The van der Waals surface area contributed by atoms with Gasteiger partial charge in [0.2, 0.25) is 0 Å². The van der Waals surface area contributed by atoms with Crippen LogP contribution in [0.4, 0.5) is 5.69 Å². The van der Waals surface area contributed by atoms with E-state index in [0.717, 1.165) is 10.0 Å². The van der Waals surface area contributed by atoms with Crippen LogP contribution in [-0.2, 0) is 0 Å². The zero-order valence-electron chi connectivity index (χ0n) is 12.8. The molecule has 24 heavy (non-hydrogen) atoms. The van der Waals surface area contributed by atoms with Crippen molar-refractivity contribution in [2.24, 2.45) is 0 Å². The fraction of sp³-hybridized carbons (Fsp3) is 0.0556. The van der Waals surface area contributed by atoms with Crippen LogP contribution in [0.25, 0.3) is 11.4 Å². The molecule has 0 aliphatic heterocycles. The Morgan fingerprint density at radius 3 is 2.67 bits per heavy atom. The third-order valence-corrected chi connectivity index (χ3v) is 4.07. The number of hydrogen-bond acceptors (Lipinski definition) is 3. The molecule has 0 fully saturated rings. The number of rotatable bonds is 3. The number of hydrogen-bond donors (Lipinski definition) is 2. The first-order valence-electron chi connectivity index (χ1n) is 7.27. The highest BCUT2D eigenvalue weighted by atomic mass is 79.9. The standard InChI is InChI=1S/C18H14BrN3O2/c1-11-9-16(23)22-17(20-11)12-5-4-6-13(10-12)21-18(24)14-7-2-3-8-15(14)19/h2-10H,1H3,(H,21,24)(H,20,22,23). The number of benzene rings is 2. The highest BCUT2D eigenvalue weighted by Crippen LogP contribution is 2.21. The van der Waals surface area contributed by atoms with Crippen molar-refractivity contribution in [2.75, 3.05) is 5.32 Å². The van der Waals surface area contributed by atoms with Crippen molar-refractivity contribution in [3.8, 4) is 11.4 Å². The van der Waals surface area contributed by atoms with Gasteiger partial charge in [-0.25, -0.2) is 4.98 Å². The van der Waals surface area contributed by atoms with Crippen molar-refractivity contribution < 1.29 is 4.79 Å². The second-order valence-corrected chi connectivity index (χ2v) is 6.10. The predicted octanol–water partition coefficient (Wildman–Crippen LogP) is 3.76. The zero-order chi connectivity index (χ0) is 17.1. The van der Waals surface area contributed by atoms with Crippen molar-refractivity contribution in [1.29, 1.82) is 0 Å². The molecule has 5 nitrogen and oxygen atoms in total. The van der Waals surface area contributed by atoms with Crippen LogP contribution in [0, 0.1) is 6.92 Å². The van der Waals surface area contributed by atoms with E-state index in [-0.39, 0.29) is 11.5 Å². The number of nitrogens with zero attached hydrogens (tertiary/aromatic N) is 1. The van der Waals surface area contributed by atoms with Crippen LogP contribution in [0.1, 0.15) is 16.1 Å². The van der Waals surface area contributed by atoms with Crippen molar-refractivity contribution in [3.05, 3.63) is 80.7 Å². The van der Waals surface area contributed by atoms with E-state index in [1.54, 1.807) is 37.3 Å². The lowest BCUT2D eigenvalue weighted by Crippen LogP contribution is -2.13. The monoisotopic (exact) mass is 383 g/mol. The molecule has 120 valence electrons. The molecule has 2 N–H and O–H groups in total. The molecular weight excluding hydrogens is 370 g/mol. The van der Waals surface area contributed by atoms with Crippen LogP contribution in [-0.4, -0.2) is 15.9 Å². The van der Waals surface area contributed by atoms with Gasteiger partial charge in [-0.1, -0.05) is 24.3 Å². The molecule has 0 saturated carbocycles. The van der Waals surface area contributed by atoms with Crippen LogP contribution in [0.15, 0.2) is 63.9 Å². The predicted molar refractivity (Wildman–Crippen MR) is 97.1 cm³/mol. The SMILES string of the molecule is Cc1cc(=O)[nH]c(-c2cccc(NC(=O)c3ccccc3Br)c2)n1. The molecule has 0 radical (unpaired) electrons. The average molecular weight is 384 g/mol. The number of halogens is 1. The second kappa shape index (κ2) is 6.80. The summed E-state index contributed by atoms with van der Waals surface area (Å²) in [4.78, 5) is 31.0. The number of carbonyl (C=O) groups excluding carboxylic acids is 1. The van der Waals surface area contributed by atoms with Crippen LogP contribution in [0.3, 0.4) is 0 Å². The first kappa shape index (κ1) is 16.1. The lowest BCUT2D eigenvalue weighted by Gasteiger charge is -2.08. The van der Waals surface area contributed by atoms with Gasteiger partial charge >= 0.3 is 0 Å². The molecule has 0 bridgehead atoms. The van der Waals surface area contributed by atoms with Crippen molar-refractivity contribution in [1.82, 2.24) is 9.97 Å². The topological polar surface area (TPSA) is 74.8 Å². The molecule has 0 aliphatic rings. The summed E-state index contributed by atoms with van der Waals surface area (Å²) in [5, 5.41) is 2.85. The maximum Gasteiger partial charge on any atom is 0.256 e. The van der Waals surface area contributed by atoms with Gasteiger partial charge in [-0.05, 0) is 47.1 Å². The number of amides is 1. The molecule has 0 aliphatic carbocycles. The minimum Gasteiger partial charge on any atom is -0.322 e. The Hall–Kier alpha value is -2.73. The Morgan fingerprint density at radius 1 is 1.12 bits per heavy atom. The molecule has 0 saturated heterocycles. The van der Waals surface area contributed by atoms with Crippen molar-refractivity contribution >= 4 is 27.5 Å². The number of nitrogens with one attached hydrogen (secondary N) is 2. The van der Waals surface area contributed by atoms with Gasteiger partial charge in [0.05, 0.1) is 5.56 Å². The summed E-state index contributed by atoms with van der Waals surface area (Å²) >= 11 is 3.37. The molecule has 0 spiro atoms. The summed E-state index contributed by atoms with van der Waals surface area (Å²) in [5.41, 5.74) is 2.32. The van der Waals surface area contributed by atoms with Gasteiger partial charge < -0.3 is 10.3 Å². The first-order chi connectivity index (χ1) is 11.5. The number of aryl methyl sites for hydroxylation is 1. The summed E-state index contributed by atoms with van der Waals surface area (Å²) in [6.45, 7) is 1.76. The van der Waals surface area contributed by atoms with Crippen LogP contribution < -0.4 is 10.9 Å². The number of anilines is 1. The summed E-state index contributed by atoms with van der Waals surface area (Å²) in [6, 6.07) is 15.8. The Bertz CT molecular complexity index is 966. The summed E-state index contributed by atoms with van der Waals surface area (Å²) in [6.07, 6.45) is 0. The number of carbonyl (C=O) groups is 1. The third-order valence-electron chi connectivity index (χ3n) is 3.38. The molecule has 2 aromatic carbocycles. The van der Waals surface area contributed by atoms with E-state index in [9.17, 15) is 9.59 Å². The maximum absolute atomic E-state index is 12.4. The Balaban J connectivity index is 1.90. The highest BCUT2D eigenvalue weighted by molar-refractivity contribution is 9.10. The van der Waals surface area contributed by atoms with E-state index in [2.05, 4.69) is 31.2 Å². The molecule has 1 aromatic heterocycles. The molecule has 0 unspecified atom stereocenters. The lowest BCUT2D eigenvalue weighted by molar-refractivity contribution is 0.102. The molecule has 3 rings (SSSR count). The minimum absolute atomic E-state index is 0.208. The normalized spacial score (nSPS) is 10.4. The van der Waals surface area contributed by atoms with E-state index in [1.807, 2.05) is 18.2 Å². The maximum atomic E-state index is 12.4. The van der Waals surface area contributed by atoms with Gasteiger partial charge in [0.1, 0.15) is 5.82 Å². The molecule has 1 amide bonds. The molecule has 0 atom stereocenters. The Kier molecular flexibility index (Phi) is 4.57. The quantitative estimate of drug-likeness (QED) is 0.722. The minimum atomic E-state index is -0.217. The second-order valence-electron chi connectivity index (χ2n) is 5.25. The van der Waals surface area contributed by atoms with Gasteiger partial charge in [0.15, 0.2) is 0 Å². The van der Waals surface area contributed by atoms with E-state index < -0.39 is 0 Å². The van der Waals surface area contributed by atoms with Gasteiger partial charge in [-0.15, -0.1) is 0 Å². The molecule has 6 heteroatoms.